The van der Waals surface area contributed by atoms with Gasteiger partial charge in [-0.25, -0.2) is 0 Å². The molecule has 0 aliphatic rings. The van der Waals surface area contributed by atoms with Gasteiger partial charge in [-0.2, -0.15) is 0 Å². The average Bonchev–Trinajstić information content (AvgIpc) is 2.62. The van der Waals surface area contributed by atoms with E-state index in [1.54, 1.807) is 0 Å². The molecule has 132 valence electrons. The number of Topliss-reactive ketones (excluding diaryl/α,β-unsaturated/α-hetero) is 1. The number of benzene rings is 2. The van der Waals surface area contributed by atoms with E-state index in [0.717, 1.165) is 28.7 Å². The largest absolute Gasteiger partial charge is 0.338 e. The smallest absolute Gasteiger partial charge is 0.223 e. The summed E-state index contributed by atoms with van der Waals surface area (Å²) in [6.45, 7) is 7.29. The van der Waals surface area contributed by atoms with E-state index >= 15 is 0 Å². The summed E-state index contributed by atoms with van der Waals surface area (Å²) in [6, 6.07) is 15.9. The third-order valence-corrected chi connectivity index (χ3v) is 4.32. The van der Waals surface area contributed by atoms with Crippen molar-refractivity contribution in [2.75, 3.05) is 6.54 Å². The maximum Gasteiger partial charge on any atom is 0.223 e. The summed E-state index contributed by atoms with van der Waals surface area (Å²) in [4.78, 5) is 26.9. The first-order valence-corrected chi connectivity index (χ1v) is 8.93. The Hall–Kier alpha value is -2.42. The molecule has 1 amide bonds. The molecule has 2 aromatic rings. The molecule has 0 saturated carbocycles. The number of amides is 1. The van der Waals surface area contributed by atoms with Crippen molar-refractivity contribution in [3.8, 4) is 0 Å². The Labute approximate surface area is 150 Å². The van der Waals surface area contributed by atoms with Crippen LogP contribution in [0.25, 0.3) is 0 Å². The van der Waals surface area contributed by atoms with E-state index in [9.17, 15) is 9.59 Å². The zero-order valence-corrected chi connectivity index (χ0v) is 15.4. The molecule has 0 N–H and O–H groups in total. The predicted octanol–water partition coefficient (Wildman–Crippen LogP) is 4.71. The minimum absolute atomic E-state index is 0.0457. The summed E-state index contributed by atoms with van der Waals surface area (Å²) < 4.78 is 0. The van der Waals surface area contributed by atoms with Gasteiger partial charge in [-0.05, 0) is 37.5 Å². The molecular weight excluding hydrogens is 310 g/mol. The van der Waals surface area contributed by atoms with Crippen LogP contribution in [0.4, 0.5) is 0 Å². The molecule has 0 heterocycles. The maximum absolute atomic E-state index is 12.6. The summed E-state index contributed by atoms with van der Waals surface area (Å²) in [7, 11) is 0. The van der Waals surface area contributed by atoms with Crippen LogP contribution in [0.1, 0.15) is 53.2 Å². The lowest BCUT2D eigenvalue weighted by Crippen LogP contribution is -2.31. The van der Waals surface area contributed by atoms with Crippen molar-refractivity contribution < 1.29 is 9.59 Å². The molecule has 0 fully saturated rings. The Morgan fingerprint density at radius 1 is 0.960 bits per heavy atom. The highest BCUT2D eigenvalue weighted by Crippen LogP contribution is 2.15. The first-order chi connectivity index (χ1) is 12.0. The van der Waals surface area contributed by atoms with Gasteiger partial charge in [-0.1, -0.05) is 55.0 Å². The normalized spacial score (nSPS) is 10.5. The molecule has 0 bridgehead atoms. The molecule has 0 radical (unpaired) electrons. The van der Waals surface area contributed by atoms with Crippen molar-refractivity contribution in [2.24, 2.45) is 0 Å². The fraction of sp³-hybridized carbons (Fsp3) is 0.364. The standard InChI is InChI=1S/C22H27NO2/c1-4-14-23(16-19-8-6-5-7-9-19)22(25)13-12-21(24)20-15-17(2)10-11-18(20)3/h5-11,15H,4,12-14,16H2,1-3H3. The summed E-state index contributed by atoms with van der Waals surface area (Å²) in [5, 5.41) is 0. The van der Waals surface area contributed by atoms with Crippen molar-refractivity contribution in [1.29, 1.82) is 0 Å². The highest BCUT2D eigenvalue weighted by Gasteiger charge is 2.16. The SMILES string of the molecule is CCCN(Cc1ccccc1)C(=O)CCC(=O)c1cc(C)ccc1C. The van der Waals surface area contributed by atoms with E-state index in [4.69, 9.17) is 0 Å². The second kappa shape index (κ2) is 9.16. The molecule has 0 aromatic heterocycles. The molecule has 0 aliphatic heterocycles. The van der Waals surface area contributed by atoms with E-state index in [1.165, 1.54) is 0 Å². The van der Waals surface area contributed by atoms with Crippen LogP contribution < -0.4 is 0 Å². The first-order valence-electron chi connectivity index (χ1n) is 8.93. The van der Waals surface area contributed by atoms with E-state index < -0.39 is 0 Å². The van der Waals surface area contributed by atoms with Gasteiger partial charge in [0.1, 0.15) is 0 Å². The third-order valence-electron chi connectivity index (χ3n) is 4.32. The summed E-state index contributed by atoms with van der Waals surface area (Å²) in [5.41, 5.74) is 3.89. The van der Waals surface area contributed by atoms with Crippen molar-refractivity contribution in [1.82, 2.24) is 4.90 Å². The zero-order chi connectivity index (χ0) is 18.2. The lowest BCUT2D eigenvalue weighted by atomic mass is 9.99. The fourth-order valence-electron chi connectivity index (χ4n) is 2.92. The topological polar surface area (TPSA) is 37.4 Å². The number of rotatable bonds is 8. The minimum Gasteiger partial charge on any atom is -0.338 e. The van der Waals surface area contributed by atoms with Gasteiger partial charge in [0.15, 0.2) is 5.78 Å². The molecule has 3 nitrogen and oxygen atoms in total. The van der Waals surface area contributed by atoms with E-state index in [-0.39, 0.29) is 24.5 Å². The molecule has 0 atom stereocenters. The monoisotopic (exact) mass is 337 g/mol. The van der Waals surface area contributed by atoms with Gasteiger partial charge in [-0.3, -0.25) is 9.59 Å². The van der Waals surface area contributed by atoms with Crippen LogP contribution in [-0.2, 0) is 11.3 Å². The molecule has 0 aliphatic carbocycles. The van der Waals surface area contributed by atoms with E-state index in [0.29, 0.717) is 13.1 Å². The highest BCUT2D eigenvalue weighted by atomic mass is 16.2. The summed E-state index contributed by atoms with van der Waals surface area (Å²) >= 11 is 0. The van der Waals surface area contributed by atoms with Crippen molar-refractivity contribution >= 4 is 11.7 Å². The van der Waals surface area contributed by atoms with Crippen LogP contribution in [0.5, 0.6) is 0 Å². The van der Waals surface area contributed by atoms with Crippen molar-refractivity contribution in [2.45, 2.75) is 46.6 Å². The lowest BCUT2D eigenvalue weighted by molar-refractivity contribution is -0.131. The number of hydrogen-bond donors (Lipinski definition) is 0. The molecule has 0 saturated heterocycles. The van der Waals surface area contributed by atoms with Gasteiger partial charge in [0.25, 0.3) is 0 Å². The predicted molar refractivity (Wildman–Crippen MR) is 102 cm³/mol. The molecule has 0 spiro atoms. The van der Waals surface area contributed by atoms with Gasteiger partial charge >= 0.3 is 0 Å². The summed E-state index contributed by atoms with van der Waals surface area (Å²) in [6.07, 6.45) is 1.43. The van der Waals surface area contributed by atoms with Gasteiger partial charge in [0.05, 0.1) is 0 Å². The fourth-order valence-corrected chi connectivity index (χ4v) is 2.92. The molecule has 2 aromatic carbocycles. The van der Waals surface area contributed by atoms with Crippen LogP contribution in [0, 0.1) is 13.8 Å². The zero-order valence-electron chi connectivity index (χ0n) is 15.4. The van der Waals surface area contributed by atoms with Gasteiger partial charge in [-0.15, -0.1) is 0 Å². The van der Waals surface area contributed by atoms with E-state index in [2.05, 4.69) is 6.92 Å². The minimum atomic E-state index is 0.0457. The number of carbonyl (C=O) groups excluding carboxylic acids is 2. The number of carbonyl (C=O) groups is 2. The van der Waals surface area contributed by atoms with Crippen LogP contribution in [0.2, 0.25) is 0 Å². The number of nitrogens with zero attached hydrogens (tertiary/aromatic N) is 1. The quantitative estimate of drug-likeness (QED) is 0.655. The van der Waals surface area contributed by atoms with Gasteiger partial charge in [0, 0.05) is 31.5 Å². The Balaban J connectivity index is 1.98. The van der Waals surface area contributed by atoms with Crippen molar-refractivity contribution in [3.05, 3.63) is 70.8 Å². The van der Waals surface area contributed by atoms with Crippen LogP contribution in [-0.4, -0.2) is 23.1 Å². The van der Waals surface area contributed by atoms with Crippen LogP contribution >= 0.6 is 0 Å². The molecule has 3 heteroatoms. The van der Waals surface area contributed by atoms with E-state index in [1.807, 2.05) is 67.3 Å². The van der Waals surface area contributed by atoms with Crippen LogP contribution in [0.3, 0.4) is 0 Å². The maximum atomic E-state index is 12.6. The third kappa shape index (κ3) is 5.56. The average molecular weight is 337 g/mol. The Kier molecular flexibility index (Phi) is 6.93. The number of aryl methyl sites for hydroxylation is 2. The second-order valence-electron chi connectivity index (χ2n) is 6.54. The van der Waals surface area contributed by atoms with Crippen molar-refractivity contribution in [3.63, 3.8) is 0 Å². The number of hydrogen-bond acceptors (Lipinski definition) is 2. The second-order valence-corrected chi connectivity index (χ2v) is 6.54. The first kappa shape index (κ1) is 18.9. The summed E-state index contributed by atoms with van der Waals surface area (Å²) in [5.74, 6) is 0.0927. The molecule has 2 rings (SSSR count). The van der Waals surface area contributed by atoms with Gasteiger partial charge < -0.3 is 4.90 Å². The molecular formula is C22H27NO2. The Morgan fingerprint density at radius 3 is 2.36 bits per heavy atom. The van der Waals surface area contributed by atoms with Crippen LogP contribution in [0.15, 0.2) is 48.5 Å². The Bertz CT molecular complexity index is 722. The molecule has 25 heavy (non-hydrogen) atoms. The van der Waals surface area contributed by atoms with Gasteiger partial charge in [0.2, 0.25) is 5.91 Å². The Morgan fingerprint density at radius 2 is 1.68 bits per heavy atom. The lowest BCUT2D eigenvalue weighted by Gasteiger charge is -2.22. The molecule has 0 unspecified atom stereocenters. The number of ketones is 1. The highest BCUT2D eigenvalue weighted by molar-refractivity contribution is 5.99.